The molecule has 4 nitrogen and oxygen atoms in total. The molecule has 5 heteroatoms. The Balaban J connectivity index is 1.47. The van der Waals surface area contributed by atoms with Gasteiger partial charge in [0.25, 0.3) is 0 Å². The molecule has 0 aliphatic carbocycles. The number of sulfonamides is 1. The maximum atomic E-state index is 12.5. The SMILES string of the molecule is CCc1ccc(S(=O)(=O)NCC2CCN(Cc3ccccc3)CC2)cc1. The summed E-state index contributed by atoms with van der Waals surface area (Å²) in [6, 6.07) is 17.7. The number of likely N-dealkylation sites (tertiary alicyclic amines) is 1. The fraction of sp³-hybridized carbons (Fsp3) is 0.429. The Kier molecular flexibility index (Phi) is 6.46. The zero-order valence-electron chi connectivity index (χ0n) is 15.4. The highest BCUT2D eigenvalue weighted by atomic mass is 32.2. The molecule has 0 spiro atoms. The molecule has 0 aromatic heterocycles. The summed E-state index contributed by atoms with van der Waals surface area (Å²) in [7, 11) is -3.41. The molecule has 0 saturated carbocycles. The maximum Gasteiger partial charge on any atom is 0.240 e. The van der Waals surface area contributed by atoms with E-state index in [0.717, 1.165) is 44.5 Å². The standard InChI is InChI=1S/C21H28N2O2S/c1-2-18-8-10-21(11-9-18)26(24,25)22-16-19-12-14-23(15-13-19)17-20-6-4-3-5-7-20/h3-11,19,22H,2,12-17H2,1H3. The molecule has 1 aliphatic heterocycles. The summed E-state index contributed by atoms with van der Waals surface area (Å²) in [5.74, 6) is 0.409. The van der Waals surface area contributed by atoms with Gasteiger partial charge in [0.2, 0.25) is 10.0 Å². The van der Waals surface area contributed by atoms with E-state index < -0.39 is 10.0 Å². The number of hydrogen-bond acceptors (Lipinski definition) is 3. The molecule has 0 amide bonds. The first-order chi connectivity index (χ1) is 12.6. The molecule has 1 saturated heterocycles. The number of hydrogen-bond donors (Lipinski definition) is 1. The highest BCUT2D eigenvalue weighted by Crippen LogP contribution is 2.19. The van der Waals surface area contributed by atoms with Gasteiger partial charge in [-0.1, -0.05) is 49.4 Å². The van der Waals surface area contributed by atoms with Gasteiger partial charge in [0.15, 0.2) is 0 Å². The first-order valence-corrected chi connectivity index (χ1v) is 10.9. The van der Waals surface area contributed by atoms with Crippen molar-refractivity contribution in [2.24, 2.45) is 5.92 Å². The first-order valence-electron chi connectivity index (χ1n) is 9.41. The van der Waals surface area contributed by atoms with Crippen LogP contribution in [0.25, 0.3) is 0 Å². The van der Waals surface area contributed by atoms with Crippen molar-refractivity contribution in [3.8, 4) is 0 Å². The number of rotatable bonds is 7. The lowest BCUT2D eigenvalue weighted by atomic mass is 9.97. The topological polar surface area (TPSA) is 49.4 Å². The van der Waals surface area contributed by atoms with Gasteiger partial charge in [0, 0.05) is 13.1 Å². The predicted molar refractivity (Wildman–Crippen MR) is 105 cm³/mol. The van der Waals surface area contributed by atoms with Crippen LogP contribution in [0.15, 0.2) is 59.5 Å². The van der Waals surface area contributed by atoms with E-state index in [1.807, 2.05) is 18.2 Å². The minimum atomic E-state index is -3.41. The van der Waals surface area contributed by atoms with E-state index in [-0.39, 0.29) is 0 Å². The molecule has 0 unspecified atom stereocenters. The van der Waals surface area contributed by atoms with Crippen molar-refractivity contribution in [2.75, 3.05) is 19.6 Å². The molecule has 2 aromatic carbocycles. The summed E-state index contributed by atoms with van der Waals surface area (Å²) in [5.41, 5.74) is 2.48. The Hall–Kier alpha value is -1.69. The first kappa shape index (κ1) is 19.1. The van der Waals surface area contributed by atoms with E-state index in [0.29, 0.717) is 17.4 Å². The van der Waals surface area contributed by atoms with Gasteiger partial charge in [-0.2, -0.15) is 0 Å². The molecule has 1 N–H and O–H groups in total. The van der Waals surface area contributed by atoms with E-state index in [2.05, 4.69) is 40.8 Å². The van der Waals surface area contributed by atoms with Crippen molar-refractivity contribution in [1.29, 1.82) is 0 Å². The van der Waals surface area contributed by atoms with Crippen LogP contribution in [0.1, 0.15) is 30.9 Å². The third-order valence-corrected chi connectivity index (χ3v) is 6.60. The lowest BCUT2D eigenvalue weighted by Crippen LogP contribution is -2.38. The molecular weight excluding hydrogens is 344 g/mol. The second kappa shape index (κ2) is 8.80. The average Bonchev–Trinajstić information content (AvgIpc) is 2.68. The molecule has 1 aliphatic rings. The summed E-state index contributed by atoms with van der Waals surface area (Å²) >= 11 is 0. The summed E-state index contributed by atoms with van der Waals surface area (Å²) in [6.07, 6.45) is 2.98. The van der Waals surface area contributed by atoms with Crippen LogP contribution in [0.3, 0.4) is 0 Å². The van der Waals surface area contributed by atoms with Crippen LogP contribution in [0, 0.1) is 5.92 Å². The molecule has 2 aromatic rings. The molecule has 1 fully saturated rings. The van der Waals surface area contributed by atoms with E-state index in [1.54, 1.807) is 12.1 Å². The van der Waals surface area contributed by atoms with Crippen molar-refractivity contribution in [1.82, 2.24) is 9.62 Å². The van der Waals surface area contributed by atoms with Crippen LogP contribution < -0.4 is 4.72 Å². The minimum absolute atomic E-state index is 0.358. The van der Waals surface area contributed by atoms with Crippen molar-refractivity contribution in [2.45, 2.75) is 37.6 Å². The number of piperidine rings is 1. The number of benzene rings is 2. The Morgan fingerprint density at radius 2 is 1.62 bits per heavy atom. The number of nitrogens with one attached hydrogen (secondary N) is 1. The van der Waals surface area contributed by atoms with Crippen LogP contribution in [0.4, 0.5) is 0 Å². The van der Waals surface area contributed by atoms with Gasteiger partial charge in [-0.05, 0) is 61.5 Å². The zero-order chi connectivity index (χ0) is 18.4. The lowest BCUT2D eigenvalue weighted by Gasteiger charge is -2.32. The molecule has 3 rings (SSSR count). The zero-order valence-corrected chi connectivity index (χ0v) is 16.2. The summed E-state index contributed by atoms with van der Waals surface area (Å²) in [5, 5.41) is 0. The van der Waals surface area contributed by atoms with Gasteiger partial charge < -0.3 is 0 Å². The molecule has 1 heterocycles. The maximum absolute atomic E-state index is 12.5. The summed E-state index contributed by atoms with van der Waals surface area (Å²) in [6.45, 7) is 5.60. The Labute approximate surface area is 157 Å². The third-order valence-electron chi connectivity index (χ3n) is 5.16. The smallest absolute Gasteiger partial charge is 0.240 e. The second-order valence-corrected chi connectivity index (χ2v) is 8.82. The molecule has 0 radical (unpaired) electrons. The van der Waals surface area contributed by atoms with Crippen molar-refractivity contribution in [3.05, 3.63) is 65.7 Å². The van der Waals surface area contributed by atoms with E-state index >= 15 is 0 Å². The van der Waals surface area contributed by atoms with Gasteiger partial charge in [-0.15, -0.1) is 0 Å². The van der Waals surface area contributed by atoms with Crippen molar-refractivity contribution >= 4 is 10.0 Å². The highest BCUT2D eigenvalue weighted by Gasteiger charge is 2.22. The van der Waals surface area contributed by atoms with Gasteiger partial charge >= 0.3 is 0 Å². The van der Waals surface area contributed by atoms with Crippen molar-refractivity contribution in [3.63, 3.8) is 0 Å². The second-order valence-electron chi connectivity index (χ2n) is 7.05. The van der Waals surface area contributed by atoms with Crippen LogP contribution in [0.5, 0.6) is 0 Å². The predicted octanol–water partition coefficient (Wildman–Crippen LogP) is 3.44. The van der Waals surface area contributed by atoms with E-state index in [1.165, 1.54) is 5.56 Å². The lowest BCUT2D eigenvalue weighted by molar-refractivity contribution is 0.178. The van der Waals surface area contributed by atoms with Crippen molar-refractivity contribution < 1.29 is 8.42 Å². The molecule has 0 atom stereocenters. The van der Waals surface area contributed by atoms with Gasteiger partial charge in [0.05, 0.1) is 4.90 Å². The Morgan fingerprint density at radius 3 is 2.23 bits per heavy atom. The monoisotopic (exact) mass is 372 g/mol. The highest BCUT2D eigenvalue weighted by molar-refractivity contribution is 7.89. The number of aryl methyl sites for hydroxylation is 1. The summed E-state index contributed by atoms with van der Waals surface area (Å²) in [4.78, 5) is 2.81. The fourth-order valence-corrected chi connectivity index (χ4v) is 4.52. The Morgan fingerprint density at radius 1 is 0.962 bits per heavy atom. The fourth-order valence-electron chi connectivity index (χ4n) is 3.41. The third kappa shape index (κ3) is 5.16. The van der Waals surface area contributed by atoms with Crippen LogP contribution in [0.2, 0.25) is 0 Å². The van der Waals surface area contributed by atoms with Gasteiger partial charge in [-0.25, -0.2) is 13.1 Å². The van der Waals surface area contributed by atoms with Gasteiger partial charge in [0.1, 0.15) is 0 Å². The molecule has 140 valence electrons. The van der Waals surface area contributed by atoms with E-state index in [9.17, 15) is 8.42 Å². The molecule has 0 bridgehead atoms. The molecule has 26 heavy (non-hydrogen) atoms. The minimum Gasteiger partial charge on any atom is -0.299 e. The van der Waals surface area contributed by atoms with E-state index in [4.69, 9.17) is 0 Å². The van der Waals surface area contributed by atoms with Crippen LogP contribution in [-0.2, 0) is 23.0 Å². The largest absolute Gasteiger partial charge is 0.299 e. The molecular formula is C21H28N2O2S. The van der Waals surface area contributed by atoms with Gasteiger partial charge in [-0.3, -0.25) is 4.90 Å². The normalized spacial score (nSPS) is 16.7. The average molecular weight is 373 g/mol. The van der Waals surface area contributed by atoms with Crippen LogP contribution in [-0.4, -0.2) is 33.0 Å². The van der Waals surface area contributed by atoms with Crippen LogP contribution >= 0.6 is 0 Å². The Bertz CT molecular complexity index is 781. The summed E-state index contributed by atoms with van der Waals surface area (Å²) < 4.78 is 27.7. The number of nitrogens with zero attached hydrogens (tertiary/aromatic N) is 1. The quantitative estimate of drug-likeness (QED) is 0.810.